The Morgan fingerprint density at radius 1 is 1.09 bits per heavy atom. The van der Waals surface area contributed by atoms with Crippen LogP contribution < -0.4 is 4.90 Å². The number of pyridine rings is 2. The molecule has 190 valence electrons. The molecule has 0 unspecified atom stereocenters. The van der Waals surface area contributed by atoms with E-state index in [1.807, 2.05) is 13.8 Å². The third kappa shape index (κ3) is 6.25. The van der Waals surface area contributed by atoms with Crippen molar-refractivity contribution in [2.75, 3.05) is 18.0 Å². The van der Waals surface area contributed by atoms with E-state index in [1.54, 1.807) is 0 Å². The summed E-state index contributed by atoms with van der Waals surface area (Å²) in [5.41, 5.74) is -2.79. The minimum Gasteiger partial charge on any atom is -0.312 e. The van der Waals surface area contributed by atoms with Crippen molar-refractivity contribution < 1.29 is 40.3 Å². The molecule has 1 saturated heterocycles. The largest absolute Gasteiger partial charge is 0.433 e. The summed E-state index contributed by atoms with van der Waals surface area (Å²) in [5, 5.41) is 0. The molecule has 6 nitrogen and oxygen atoms in total. The average Bonchev–Trinajstić information content (AvgIpc) is 3.03. The van der Waals surface area contributed by atoms with Crippen molar-refractivity contribution in [1.82, 2.24) is 14.9 Å². The number of carbonyl (C=O) groups is 2. The molecule has 0 aliphatic carbocycles. The van der Waals surface area contributed by atoms with Crippen molar-refractivity contribution in [3.63, 3.8) is 0 Å². The van der Waals surface area contributed by atoms with E-state index in [-0.39, 0.29) is 24.2 Å². The van der Waals surface area contributed by atoms with Crippen molar-refractivity contribution in [3.05, 3.63) is 53.4 Å². The maximum absolute atomic E-state index is 14.1. The number of carbonyl (C=O) groups excluding carboxylic acids is 2. The predicted molar refractivity (Wildman–Crippen MR) is 110 cm³/mol. The van der Waals surface area contributed by atoms with Gasteiger partial charge < -0.3 is 4.90 Å². The van der Waals surface area contributed by atoms with E-state index in [1.165, 1.54) is 9.80 Å². The maximum Gasteiger partial charge on any atom is 0.433 e. The number of Topliss-reactive ketones (excluding diaryl/α,β-unsaturated/α-hetero) is 1. The highest BCUT2D eigenvalue weighted by Gasteiger charge is 2.40. The Labute approximate surface area is 195 Å². The number of alkyl halides is 6. The summed E-state index contributed by atoms with van der Waals surface area (Å²) in [7, 11) is 0. The Hall–Kier alpha value is -3.25. The van der Waals surface area contributed by atoms with E-state index in [9.17, 15) is 40.3 Å². The van der Waals surface area contributed by atoms with Gasteiger partial charge in [0.2, 0.25) is 0 Å². The molecular formula is C22H21F7N4O2. The first-order valence-corrected chi connectivity index (χ1v) is 10.5. The molecular weight excluding hydrogens is 485 g/mol. The Morgan fingerprint density at radius 3 is 2.29 bits per heavy atom. The SMILES string of the molecule is CC(C)C[C@H]1CN(c2ccc(C(F)(F)F)nc2)C(=O)N1CC(=O)Cc1ncc(C(F)(F)F)cc1F. The van der Waals surface area contributed by atoms with Gasteiger partial charge in [-0.2, -0.15) is 26.3 Å². The Kier molecular flexibility index (Phi) is 7.37. The van der Waals surface area contributed by atoms with Gasteiger partial charge in [0.15, 0.2) is 5.78 Å². The molecule has 3 rings (SSSR count). The van der Waals surface area contributed by atoms with Crippen LogP contribution in [0.4, 0.5) is 41.2 Å². The summed E-state index contributed by atoms with van der Waals surface area (Å²) in [4.78, 5) is 34.8. The predicted octanol–water partition coefficient (Wildman–Crippen LogP) is 5.12. The van der Waals surface area contributed by atoms with Gasteiger partial charge in [-0.05, 0) is 30.5 Å². The number of aromatic nitrogens is 2. The zero-order chi connectivity index (χ0) is 26.1. The molecule has 13 heteroatoms. The molecule has 1 aliphatic rings. The van der Waals surface area contributed by atoms with Crippen LogP contribution in [0, 0.1) is 11.7 Å². The zero-order valence-electron chi connectivity index (χ0n) is 18.6. The molecule has 0 saturated carbocycles. The summed E-state index contributed by atoms with van der Waals surface area (Å²) in [6.45, 7) is 3.38. The third-order valence-electron chi connectivity index (χ3n) is 5.36. The molecule has 2 amide bonds. The molecule has 0 spiro atoms. The third-order valence-corrected chi connectivity index (χ3v) is 5.36. The first-order chi connectivity index (χ1) is 16.2. The van der Waals surface area contributed by atoms with E-state index in [0.717, 1.165) is 18.3 Å². The fraction of sp³-hybridized carbons (Fsp3) is 0.455. The van der Waals surface area contributed by atoms with Crippen LogP contribution in [0.3, 0.4) is 0 Å². The van der Waals surface area contributed by atoms with Gasteiger partial charge in [-0.3, -0.25) is 14.7 Å². The summed E-state index contributed by atoms with van der Waals surface area (Å²) in [6.07, 6.45) is -8.26. The van der Waals surface area contributed by atoms with E-state index < -0.39 is 65.9 Å². The van der Waals surface area contributed by atoms with Crippen LogP contribution in [-0.4, -0.2) is 45.8 Å². The topological polar surface area (TPSA) is 66.4 Å². The van der Waals surface area contributed by atoms with E-state index >= 15 is 0 Å². The molecule has 1 aliphatic heterocycles. The zero-order valence-corrected chi connectivity index (χ0v) is 18.6. The smallest absolute Gasteiger partial charge is 0.312 e. The fourth-order valence-electron chi connectivity index (χ4n) is 3.75. The van der Waals surface area contributed by atoms with Gasteiger partial charge in [0.25, 0.3) is 0 Å². The number of hydrogen-bond acceptors (Lipinski definition) is 4. The Balaban J connectivity index is 1.76. The van der Waals surface area contributed by atoms with Gasteiger partial charge >= 0.3 is 18.4 Å². The second-order valence-corrected chi connectivity index (χ2v) is 8.57. The van der Waals surface area contributed by atoms with E-state index in [0.29, 0.717) is 12.6 Å². The number of halogens is 7. The molecule has 0 aromatic carbocycles. The molecule has 2 aromatic rings. The highest BCUT2D eigenvalue weighted by molar-refractivity contribution is 5.97. The van der Waals surface area contributed by atoms with E-state index in [4.69, 9.17) is 0 Å². The summed E-state index contributed by atoms with van der Waals surface area (Å²) in [5.74, 6) is -1.85. The van der Waals surface area contributed by atoms with E-state index in [2.05, 4.69) is 9.97 Å². The Morgan fingerprint density at radius 2 is 1.77 bits per heavy atom. The van der Waals surface area contributed by atoms with Crippen LogP contribution in [0.2, 0.25) is 0 Å². The van der Waals surface area contributed by atoms with Crippen LogP contribution in [0.5, 0.6) is 0 Å². The van der Waals surface area contributed by atoms with Gasteiger partial charge in [-0.1, -0.05) is 13.8 Å². The van der Waals surface area contributed by atoms with Crippen molar-refractivity contribution >= 4 is 17.5 Å². The molecule has 35 heavy (non-hydrogen) atoms. The van der Waals surface area contributed by atoms with Crippen LogP contribution in [0.15, 0.2) is 30.6 Å². The average molecular weight is 506 g/mol. The first kappa shape index (κ1) is 26.4. The first-order valence-electron chi connectivity index (χ1n) is 10.5. The molecule has 0 radical (unpaired) electrons. The second-order valence-electron chi connectivity index (χ2n) is 8.57. The standard InChI is InChI=1S/C22H21F7N4O2/c1-12(2)5-15-10-32(14-3-4-19(31-9-14)22(27,28)29)20(35)33(15)11-16(34)7-18-17(23)6-13(8-30-18)21(24,25)26/h3-4,6,8-9,12,15H,5,7,10-11H2,1-2H3/t15-/m0/s1. The highest BCUT2D eigenvalue weighted by Crippen LogP contribution is 2.32. The monoisotopic (exact) mass is 506 g/mol. The lowest BCUT2D eigenvalue weighted by Crippen LogP contribution is -2.40. The second kappa shape index (κ2) is 9.78. The lowest BCUT2D eigenvalue weighted by molar-refractivity contribution is -0.141. The number of ketones is 1. The minimum atomic E-state index is -4.79. The van der Waals surface area contributed by atoms with Gasteiger partial charge in [-0.25, -0.2) is 14.2 Å². The summed E-state index contributed by atoms with van der Waals surface area (Å²) in [6, 6.07) is 0.975. The summed E-state index contributed by atoms with van der Waals surface area (Å²) < 4.78 is 90.6. The van der Waals surface area contributed by atoms with Crippen molar-refractivity contribution in [1.29, 1.82) is 0 Å². The van der Waals surface area contributed by atoms with Crippen LogP contribution in [-0.2, 0) is 23.6 Å². The van der Waals surface area contributed by atoms with Crippen molar-refractivity contribution in [2.24, 2.45) is 5.92 Å². The van der Waals surface area contributed by atoms with Crippen LogP contribution in [0.25, 0.3) is 0 Å². The van der Waals surface area contributed by atoms with Gasteiger partial charge in [0.05, 0.1) is 42.1 Å². The highest BCUT2D eigenvalue weighted by atomic mass is 19.4. The Bertz CT molecular complexity index is 1080. The number of nitrogens with zero attached hydrogens (tertiary/aromatic N) is 4. The van der Waals surface area contributed by atoms with Crippen molar-refractivity contribution in [2.45, 2.75) is 45.1 Å². The van der Waals surface area contributed by atoms with Crippen molar-refractivity contribution in [3.8, 4) is 0 Å². The lowest BCUT2D eigenvalue weighted by atomic mass is 10.0. The number of urea groups is 1. The van der Waals surface area contributed by atoms with Crippen LogP contribution >= 0.6 is 0 Å². The molecule has 1 fully saturated rings. The fourth-order valence-corrected chi connectivity index (χ4v) is 3.75. The van der Waals surface area contributed by atoms with Gasteiger partial charge in [0, 0.05) is 12.7 Å². The number of amides is 2. The molecule has 3 heterocycles. The number of rotatable bonds is 7. The minimum absolute atomic E-state index is 0.0875. The number of hydrogen-bond donors (Lipinski definition) is 0. The van der Waals surface area contributed by atoms with Crippen LogP contribution in [0.1, 0.15) is 37.2 Å². The number of anilines is 1. The van der Waals surface area contributed by atoms with Gasteiger partial charge in [-0.15, -0.1) is 0 Å². The molecule has 1 atom stereocenters. The quantitative estimate of drug-likeness (QED) is 0.489. The lowest BCUT2D eigenvalue weighted by Gasteiger charge is -2.23. The summed E-state index contributed by atoms with van der Waals surface area (Å²) >= 11 is 0. The molecule has 2 aromatic heterocycles. The molecule has 0 N–H and O–H groups in total. The van der Waals surface area contributed by atoms with Gasteiger partial charge in [0.1, 0.15) is 11.5 Å². The normalized spacial score (nSPS) is 17.0. The maximum atomic E-state index is 14.1. The molecule has 0 bridgehead atoms.